The zero-order valence-corrected chi connectivity index (χ0v) is 15.9. The van der Waals surface area contributed by atoms with Gasteiger partial charge in [-0.05, 0) is 43.0 Å². The van der Waals surface area contributed by atoms with E-state index in [1.165, 1.54) is 5.56 Å². The van der Waals surface area contributed by atoms with Gasteiger partial charge in [0.2, 0.25) is 5.91 Å². The van der Waals surface area contributed by atoms with Gasteiger partial charge < -0.3 is 10.6 Å². The maximum atomic E-state index is 12.3. The topological polar surface area (TPSA) is 79.3 Å². The number of piperidine rings is 1. The lowest BCUT2D eigenvalue weighted by molar-refractivity contribution is -0.119. The number of hydrogen-bond acceptors (Lipinski definition) is 4. The van der Waals surface area contributed by atoms with E-state index in [9.17, 15) is 9.59 Å². The number of anilines is 1. The van der Waals surface area contributed by atoms with Gasteiger partial charge in [0.1, 0.15) is 0 Å². The first-order valence-electron chi connectivity index (χ1n) is 9.35. The largest absolute Gasteiger partial charge is 0.356 e. The number of nitrogens with zero attached hydrogens (tertiary/aromatic N) is 3. The number of benzene rings is 1. The predicted molar refractivity (Wildman–Crippen MR) is 104 cm³/mol. The molecule has 1 atom stereocenters. The molecule has 1 aromatic carbocycles. The van der Waals surface area contributed by atoms with Gasteiger partial charge in [0.15, 0.2) is 0 Å². The fourth-order valence-electron chi connectivity index (χ4n) is 3.46. The Morgan fingerprint density at radius 2 is 2.04 bits per heavy atom. The zero-order valence-electron chi connectivity index (χ0n) is 15.9. The molecule has 3 rings (SSSR count). The molecule has 1 aliphatic rings. The Balaban J connectivity index is 1.52. The van der Waals surface area contributed by atoms with Gasteiger partial charge in [0.25, 0.3) is 5.91 Å². The first-order valence-corrected chi connectivity index (χ1v) is 9.35. The average Bonchev–Trinajstić information content (AvgIpc) is 3.05. The number of hydrogen-bond donors (Lipinski definition) is 2. The number of carbonyl (C=O) groups is 2. The van der Waals surface area contributed by atoms with Crippen molar-refractivity contribution >= 4 is 17.5 Å². The van der Waals surface area contributed by atoms with Gasteiger partial charge in [-0.15, -0.1) is 0 Å². The molecule has 0 aliphatic carbocycles. The highest BCUT2D eigenvalue weighted by Gasteiger charge is 2.20. The van der Waals surface area contributed by atoms with Crippen LogP contribution < -0.4 is 10.6 Å². The van der Waals surface area contributed by atoms with Crippen LogP contribution in [0.1, 0.15) is 35.7 Å². The monoisotopic (exact) mass is 369 g/mol. The van der Waals surface area contributed by atoms with Crippen LogP contribution in [0, 0.1) is 5.92 Å². The summed E-state index contributed by atoms with van der Waals surface area (Å²) in [6.45, 7) is 5.23. The minimum absolute atomic E-state index is 0.0345. The summed E-state index contributed by atoms with van der Waals surface area (Å²) in [5.41, 5.74) is 2.50. The van der Waals surface area contributed by atoms with Crippen molar-refractivity contribution in [1.82, 2.24) is 20.0 Å². The van der Waals surface area contributed by atoms with Gasteiger partial charge in [-0.25, -0.2) is 0 Å². The number of nitrogens with one attached hydrogen (secondary N) is 2. The van der Waals surface area contributed by atoms with Crippen molar-refractivity contribution in [2.24, 2.45) is 13.0 Å². The van der Waals surface area contributed by atoms with E-state index in [0.717, 1.165) is 39.0 Å². The molecule has 1 aliphatic heterocycles. The van der Waals surface area contributed by atoms with E-state index in [1.807, 2.05) is 31.3 Å². The molecule has 0 spiro atoms. The average molecular weight is 369 g/mol. The summed E-state index contributed by atoms with van der Waals surface area (Å²) in [5, 5.41) is 9.81. The van der Waals surface area contributed by atoms with E-state index in [1.54, 1.807) is 24.0 Å². The molecule has 0 saturated carbocycles. The molecule has 2 heterocycles. The Morgan fingerprint density at radius 3 is 2.70 bits per heavy atom. The number of carbonyl (C=O) groups excluding carboxylic acids is 2. The van der Waals surface area contributed by atoms with E-state index in [2.05, 4.69) is 20.6 Å². The van der Waals surface area contributed by atoms with Gasteiger partial charge in [0, 0.05) is 45.4 Å². The lowest BCUT2D eigenvalue weighted by Crippen LogP contribution is -2.40. The van der Waals surface area contributed by atoms with Crippen molar-refractivity contribution in [3.63, 3.8) is 0 Å². The summed E-state index contributed by atoms with van der Waals surface area (Å²) in [7, 11) is 1.81. The van der Waals surface area contributed by atoms with Crippen LogP contribution in [0.25, 0.3) is 0 Å². The summed E-state index contributed by atoms with van der Waals surface area (Å²) < 4.78 is 1.65. The van der Waals surface area contributed by atoms with Crippen molar-refractivity contribution < 1.29 is 9.59 Å². The molecular weight excluding hydrogens is 342 g/mol. The van der Waals surface area contributed by atoms with Crippen molar-refractivity contribution in [3.8, 4) is 0 Å². The summed E-state index contributed by atoms with van der Waals surface area (Å²) in [6.07, 6.45) is 5.69. The van der Waals surface area contributed by atoms with Crippen LogP contribution in [0.5, 0.6) is 0 Å². The number of amides is 2. The van der Waals surface area contributed by atoms with Gasteiger partial charge in [-0.3, -0.25) is 19.2 Å². The Morgan fingerprint density at radius 1 is 1.26 bits per heavy atom. The Hall–Kier alpha value is -2.67. The van der Waals surface area contributed by atoms with E-state index in [-0.39, 0.29) is 11.8 Å². The third kappa shape index (κ3) is 5.65. The summed E-state index contributed by atoms with van der Waals surface area (Å²) in [4.78, 5) is 25.8. The molecule has 7 heteroatoms. The second-order valence-corrected chi connectivity index (χ2v) is 7.23. The summed E-state index contributed by atoms with van der Waals surface area (Å²) >= 11 is 0. The second-order valence-electron chi connectivity index (χ2n) is 7.23. The molecule has 144 valence electrons. The first-order chi connectivity index (χ1) is 13.0. The van der Waals surface area contributed by atoms with Crippen molar-refractivity contribution in [2.75, 3.05) is 25.0 Å². The van der Waals surface area contributed by atoms with Crippen molar-refractivity contribution in [3.05, 3.63) is 47.8 Å². The fraction of sp³-hybridized carbons (Fsp3) is 0.450. The molecule has 1 aromatic heterocycles. The highest BCUT2D eigenvalue weighted by molar-refractivity contribution is 6.04. The molecule has 1 fully saturated rings. The molecular formula is C20H27N5O2. The predicted octanol–water partition coefficient (Wildman–Crippen LogP) is 2.02. The molecule has 7 nitrogen and oxygen atoms in total. The number of aryl methyl sites for hydroxylation is 1. The van der Waals surface area contributed by atoms with Crippen LogP contribution >= 0.6 is 0 Å². The molecule has 0 unspecified atom stereocenters. The van der Waals surface area contributed by atoms with E-state index in [4.69, 9.17) is 0 Å². The second kappa shape index (κ2) is 8.81. The van der Waals surface area contributed by atoms with Crippen LogP contribution in [0.4, 0.5) is 5.69 Å². The van der Waals surface area contributed by atoms with Crippen molar-refractivity contribution in [1.29, 1.82) is 0 Å². The summed E-state index contributed by atoms with van der Waals surface area (Å²) in [6, 6.07) is 7.74. The maximum absolute atomic E-state index is 12.3. The maximum Gasteiger partial charge on any atom is 0.255 e. The fourth-order valence-corrected chi connectivity index (χ4v) is 3.46. The molecule has 2 aromatic rings. The van der Waals surface area contributed by atoms with Crippen molar-refractivity contribution in [2.45, 2.75) is 26.3 Å². The van der Waals surface area contributed by atoms with Gasteiger partial charge in [-0.1, -0.05) is 12.1 Å². The van der Waals surface area contributed by atoms with Gasteiger partial charge in [0.05, 0.1) is 11.9 Å². The standard InChI is InChI=1S/C20H27N5O2/c1-15(26)21-10-17-4-3-9-25(13-17)12-16-5-7-18(8-6-16)20(27)23-19-11-22-24(2)14-19/h5-8,11,14,17H,3-4,9-10,12-13H2,1-2H3,(H,21,26)(H,23,27)/t17-/m1/s1. The van der Waals surface area contributed by atoms with E-state index in [0.29, 0.717) is 17.2 Å². The summed E-state index contributed by atoms with van der Waals surface area (Å²) in [5.74, 6) is 0.405. The lowest BCUT2D eigenvalue weighted by atomic mass is 9.97. The van der Waals surface area contributed by atoms with Gasteiger partial charge in [-0.2, -0.15) is 5.10 Å². The highest BCUT2D eigenvalue weighted by atomic mass is 16.2. The SMILES string of the molecule is CC(=O)NC[C@H]1CCCN(Cc2ccc(C(=O)Nc3cnn(C)c3)cc2)C1. The first kappa shape index (κ1) is 19.1. The number of rotatable bonds is 6. The molecule has 0 bridgehead atoms. The Bertz CT molecular complexity index is 784. The normalized spacial score (nSPS) is 17.5. The molecule has 2 N–H and O–H groups in total. The minimum Gasteiger partial charge on any atom is -0.356 e. The smallest absolute Gasteiger partial charge is 0.255 e. The third-order valence-corrected chi connectivity index (χ3v) is 4.83. The third-order valence-electron chi connectivity index (χ3n) is 4.83. The molecule has 1 saturated heterocycles. The van der Waals surface area contributed by atoms with E-state index < -0.39 is 0 Å². The van der Waals surface area contributed by atoms with Gasteiger partial charge >= 0.3 is 0 Å². The molecule has 27 heavy (non-hydrogen) atoms. The number of likely N-dealkylation sites (tertiary alicyclic amines) is 1. The quantitative estimate of drug-likeness (QED) is 0.816. The van der Waals surface area contributed by atoms with Crippen LogP contribution in [0.3, 0.4) is 0 Å². The van der Waals surface area contributed by atoms with Crippen LogP contribution in [0.2, 0.25) is 0 Å². The van der Waals surface area contributed by atoms with Crippen LogP contribution in [-0.4, -0.2) is 46.1 Å². The Labute approximate surface area is 159 Å². The minimum atomic E-state index is -0.136. The zero-order chi connectivity index (χ0) is 19.2. The Kier molecular flexibility index (Phi) is 6.24. The molecule has 0 radical (unpaired) electrons. The van der Waals surface area contributed by atoms with Crippen LogP contribution in [-0.2, 0) is 18.4 Å². The number of aromatic nitrogens is 2. The van der Waals surface area contributed by atoms with E-state index >= 15 is 0 Å². The molecule has 2 amide bonds. The highest BCUT2D eigenvalue weighted by Crippen LogP contribution is 2.18. The lowest BCUT2D eigenvalue weighted by Gasteiger charge is -2.32. The van der Waals surface area contributed by atoms with Crippen LogP contribution in [0.15, 0.2) is 36.7 Å².